The van der Waals surface area contributed by atoms with Crippen molar-refractivity contribution >= 4 is 79.6 Å². The zero-order valence-electron chi connectivity index (χ0n) is 34.7. The van der Waals surface area contributed by atoms with Crippen LogP contribution in [0.15, 0.2) is 150 Å². The third-order valence-electron chi connectivity index (χ3n) is 13.2. The molecular formula is C54H47BN3O. The van der Waals surface area contributed by atoms with Gasteiger partial charge in [-0.25, -0.2) is 0 Å². The number of nitrogens with one attached hydrogen (secondary N) is 1. The molecule has 11 rings (SSSR count). The number of furan rings is 1. The number of hydrogen-bond donors (Lipinski definition) is 1. The van der Waals surface area contributed by atoms with Gasteiger partial charge in [0, 0.05) is 55.7 Å². The van der Waals surface area contributed by atoms with Crippen LogP contribution in [-0.4, -0.2) is 11.8 Å². The van der Waals surface area contributed by atoms with Gasteiger partial charge in [-0.15, -0.1) is 0 Å². The van der Waals surface area contributed by atoms with E-state index in [1.54, 1.807) is 0 Å². The Labute approximate surface area is 347 Å². The van der Waals surface area contributed by atoms with E-state index in [1.165, 1.54) is 66.9 Å². The summed E-state index contributed by atoms with van der Waals surface area (Å²) in [5, 5.41) is 7.63. The summed E-state index contributed by atoms with van der Waals surface area (Å²) in [7, 11) is 2.32. The highest BCUT2D eigenvalue weighted by molar-refractivity contribution is 6.73. The Bertz CT molecular complexity index is 3080. The average molecular weight is 765 g/mol. The van der Waals surface area contributed by atoms with Crippen LogP contribution in [-0.2, 0) is 10.8 Å². The molecule has 7 aromatic carbocycles. The molecular weight excluding hydrogens is 717 g/mol. The van der Waals surface area contributed by atoms with Crippen LogP contribution in [0, 0.1) is 13.8 Å². The van der Waals surface area contributed by atoms with Gasteiger partial charge in [0.25, 0.3) is 0 Å². The van der Waals surface area contributed by atoms with Crippen LogP contribution in [0.4, 0.5) is 28.4 Å². The van der Waals surface area contributed by atoms with Gasteiger partial charge >= 0.3 is 0 Å². The fourth-order valence-electron chi connectivity index (χ4n) is 10.0. The standard InChI is InChI=1S/C54H47BN3O/c1-33-21-23-35(24-22-33)56-45-30-38(57(36-15-9-7-10-16-36)37-17-11-8-12-18-37)25-26-39(45)41-29-34(2)48-40-19-13-14-20-46(40)58-50-42-31-43-44(54(5,6)28-27-53(43,3)4)32-47(42)59-52(50)55-49(41)51(48)58/h7-26,29-32,56H,27-28H2,1-6H3. The molecule has 287 valence electrons. The van der Waals surface area contributed by atoms with Crippen molar-refractivity contribution in [3.63, 3.8) is 0 Å². The van der Waals surface area contributed by atoms with Crippen molar-refractivity contribution in [1.29, 1.82) is 0 Å². The molecule has 9 aromatic rings. The summed E-state index contributed by atoms with van der Waals surface area (Å²) in [6.45, 7) is 14.0. The van der Waals surface area contributed by atoms with Gasteiger partial charge in [0.1, 0.15) is 5.58 Å². The molecule has 2 aromatic heterocycles. The molecule has 1 aliphatic carbocycles. The number of benzene rings is 7. The summed E-state index contributed by atoms with van der Waals surface area (Å²) >= 11 is 0. The molecule has 0 saturated carbocycles. The Kier molecular flexibility index (Phi) is 7.88. The minimum Gasteiger partial charge on any atom is -0.469 e. The molecule has 1 radical (unpaired) electrons. The first-order valence-corrected chi connectivity index (χ1v) is 21.0. The number of nitrogens with zero attached hydrogens (tertiary/aromatic N) is 2. The third-order valence-corrected chi connectivity index (χ3v) is 13.2. The molecule has 0 unspecified atom stereocenters. The van der Waals surface area contributed by atoms with Gasteiger partial charge in [0.2, 0.25) is 7.28 Å². The van der Waals surface area contributed by atoms with Gasteiger partial charge in [0.05, 0.1) is 16.9 Å². The van der Waals surface area contributed by atoms with Crippen molar-refractivity contribution in [3.8, 4) is 16.8 Å². The molecule has 0 amide bonds. The van der Waals surface area contributed by atoms with Crippen LogP contribution in [0.25, 0.3) is 49.6 Å². The van der Waals surface area contributed by atoms with E-state index in [0.29, 0.717) is 0 Å². The van der Waals surface area contributed by atoms with E-state index in [0.717, 1.165) is 57.4 Å². The van der Waals surface area contributed by atoms with Gasteiger partial charge in [-0.1, -0.05) is 112 Å². The molecule has 5 heteroatoms. The summed E-state index contributed by atoms with van der Waals surface area (Å²) in [5.74, 6) is 0. The second-order valence-corrected chi connectivity index (χ2v) is 18.1. The van der Waals surface area contributed by atoms with E-state index in [2.05, 4.69) is 209 Å². The highest BCUT2D eigenvalue weighted by Gasteiger charge is 2.39. The average Bonchev–Trinajstić information content (AvgIpc) is 3.78. The first kappa shape index (κ1) is 35.7. The fraction of sp³-hybridized carbons (Fsp3) is 0.185. The molecule has 1 N–H and O–H groups in total. The highest BCUT2D eigenvalue weighted by Crippen LogP contribution is 2.49. The number of rotatable bonds is 6. The van der Waals surface area contributed by atoms with E-state index in [-0.39, 0.29) is 10.8 Å². The number of para-hydroxylation sites is 3. The van der Waals surface area contributed by atoms with Crippen LogP contribution < -0.4 is 21.3 Å². The second kappa shape index (κ2) is 13.0. The Morgan fingerprint density at radius 1 is 0.627 bits per heavy atom. The van der Waals surface area contributed by atoms with Crippen LogP contribution in [0.1, 0.15) is 62.8 Å². The van der Waals surface area contributed by atoms with E-state index in [4.69, 9.17) is 4.42 Å². The second-order valence-electron chi connectivity index (χ2n) is 18.1. The molecule has 4 nitrogen and oxygen atoms in total. The molecule has 1 aliphatic heterocycles. The van der Waals surface area contributed by atoms with Gasteiger partial charge in [-0.2, -0.15) is 0 Å². The number of fused-ring (bicyclic) bond motifs is 8. The Balaban J connectivity index is 1.17. The smallest absolute Gasteiger partial charge is 0.247 e. The molecule has 0 saturated heterocycles. The van der Waals surface area contributed by atoms with Gasteiger partial charge in [-0.3, -0.25) is 0 Å². The number of aryl methyl sites for hydroxylation is 2. The number of anilines is 5. The Morgan fingerprint density at radius 3 is 1.97 bits per heavy atom. The quantitative estimate of drug-likeness (QED) is 0.171. The van der Waals surface area contributed by atoms with E-state index in [9.17, 15) is 0 Å². The summed E-state index contributed by atoms with van der Waals surface area (Å²) < 4.78 is 9.55. The maximum atomic E-state index is 7.03. The molecule has 0 atom stereocenters. The molecule has 3 heterocycles. The number of hydrogen-bond acceptors (Lipinski definition) is 3. The first-order valence-electron chi connectivity index (χ1n) is 21.0. The first-order chi connectivity index (χ1) is 28.6. The highest BCUT2D eigenvalue weighted by atomic mass is 16.3. The maximum Gasteiger partial charge on any atom is 0.247 e. The van der Waals surface area contributed by atoms with Crippen molar-refractivity contribution in [3.05, 3.63) is 168 Å². The largest absolute Gasteiger partial charge is 0.469 e. The predicted molar refractivity (Wildman–Crippen MR) is 250 cm³/mol. The lowest BCUT2D eigenvalue weighted by Gasteiger charge is -2.41. The predicted octanol–water partition coefficient (Wildman–Crippen LogP) is 13.3. The normalized spacial score (nSPS) is 14.9. The number of aromatic nitrogens is 1. The minimum atomic E-state index is 0.0837. The summed E-state index contributed by atoms with van der Waals surface area (Å²) in [6.07, 6.45) is 2.33. The Hall–Kier alpha value is -6.46. The van der Waals surface area contributed by atoms with Crippen LogP contribution in [0.5, 0.6) is 0 Å². The Morgan fingerprint density at radius 2 is 1.27 bits per heavy atom. The van der Waals surface area contributed by atoms with E-state index in [1.807, 2.05) is 0 Å². The van der Waals surface area contributed by atoms with Crippen LogP contribution >= 0.6 is 0 Å². The summed E-state index contributed by atoms with van der Waals surface area (Å²) in [4.78, 5) is 2.33. The van der Waals surface area contributed by atoms with Crippen LogP contribution in [0.2, 0.25) is 0 Å². The fourth-order valence-corrected chi connectivity index (χ4v) is 10.0. The van der Waals surface area contributed by atoms with Crippen molar-refractivity contribution in [2.75, 3.05) is 10.2 Å². The van der Waals surface area contributed by atoms with Crippen LogP contribution in [0.3, 0.4) is 0 Å². The topological polar surface area (TPSA) is 33.3 Å². The van der Waals surface area contributed by atoms with Crippen molar-refractivity contribution in [2.24, 2.45) is 0 Å². The lowest BCUT2D eigenvalue weighted by atomic mass is 9.61. The van der Waals surface area contributed by atoms with Crippen molar-refractivity contribution in [1.82, 2.24) is 4.57 Å². The monoisotopic (exact) mass is 764 g/mol. The molecule has 59 heavy (non-hydrogen) atoms. The van der Waals surface area contributed by atoms with Crippen molar-refractivity contribution in [2.45, 2.75) is 65.2 Å². The van der Waals surface area contributed by atoms with Gasteiger partial charge in [-0.05, 0) is 132 Å². The minimum absolute atomic E-state index is 0.0837. The lowest BCUT2D eigenvalue weighted by molar-refractivity contribution is 0.332. The van der Waals surface area contributed by atoms with Gasteiger partial charge in [0.15, 0.2) is 0 Å². The molecule has 0 fully saturated rings. The maximum absolute atomic E-state index is 7.03. The van der Waals surface area contributed by atoms with E-state index >= 15 is 0 Å². The third kappa shape index (κ3) is 5.58. The zero-order valence-corrected chi connectivity index (χ0v) is 34.7. The molecule has 2 aliphatic rings. The van der Waals surface area contributed by atoms with Gasteiger partial charge < -0.3 is 19.2 Å². The zero-order chi connectivity index (χ0) is 40.2. The molecule has 0 bridgehead atoms. The van der Waals surface area contributed by atoms with Crippen molar-refractivity contribution < 1.29 is 4.42 Å². The molecule has 0 spiro atoms. The summed E-state index contributed by atoms with van der Waals surface area (Å²) in [6, 6.07) is 52.9. The van der Waals surface area contributed by atoms with E-state index < -0.39 is 0 Å². The SMILES string of the molecule is Cc1ccc(Nc2cc(N(c3ccccc3)c3ccccc3)ccc2-c2cc(C)c3c4ccccc4n4c3c2[B]c2oc3cc5c(cc3c2-4)C(C)(C)CCC5(C)C)cc1. The summed E-state index contributed by atoms with van der Waals surface area (Å²) in [5.41, 5.74) is 19.7. The lowest BCUT2D eigenvalue weighted by Crippen LogP contribution is -2.36.